The topological polar surface area (TPSA) is 81.3 Å². The van der Waals surface area contributed by atoms with Gasteiger partial charge in [-0.05, 0) is 73.7 Å². The van der Waals surface area contributed by atoms with Gasteiger partial charge in [-0.15, -0.1) is 0 Å². The zero-order valence-electron chi connectivity index (χ0n) is 22.7. The molecule has 0 spiro atoms. The van der Waals surface area contributed by atoms with Gasteiger partial charge in [-0.1, -0.05) is 54.5 Å². The van der Waals surface area contributed by atoms with Crippen molar-refractivity contribution in [2.45, 2.75) is 25.3 Å². The van der Waals surface area contributed by atoms with E-state index in [1.54, 1.807) is 7.05 Å². The van der Waals surface area contributed by atoms with Gasteiger partial charge in [-0.3, -0.25) is 19.6 Å². The van der Waals surface area contributed by atoms with Crippen LogP contribution in [0.2, 0.25) is 0 Å². The Hall–Kier alpha value is -4.41. The number of H-pyrrole nitrogens is 1. The molecule has 6 rings (SSSR count). The highest BCUT2D eigenvalue weighted by Crippen LogP contribution is 2.26. The molecule has 2 aliphatic rings. The summed E-state index contributed by atoms with van der Waals surface area (Å²) >= 11 is 0. The van der Waals surface area contributed by atoms with Crippen LogP contribution >= 0.6 is 0 Å². The SMILES string of the molecule is CNC(=O)C1CCN([C@@H]2CCN(C(=O)c3ccc4[nH]nc(C#Cc5ccccc5-c5ccccc5)c4c3)C2)CC1. The molecule has 0 aliphatic carbocycles. The quantitative estimate of drug-likeness (QED) is 0.385. The van der Waals surface area contributed by atoms with Crippen LogP contribution in [0.3, 0.4) is 0 Å². The summed E-state index contributed by atoms with van der Waals surface area (Å²) in [5, 5.41) is 11.1. The number of piperidine rings is 1. The lowest BCUT2D eigenvalue weighted by atomic mass is 9.95. The fraction of sp³-hybridized carbons (Fsp3) is 0.303. The molecule has 7 nitrogen and oxygen atoms in total. The van der Waals surface area contributed by atoms with Crippen LogP contribution in [0.5, 0.6) is 0 Å². The summed E-state index contributed by atoms with van der Waals surface area (Å²) in [7, 11) is 1.70. The minimum atomic E-state index is 0.0409. The zero-order chi connectivity index (χ0) is 27.5. The summed E-state index contributed by atoms with van der Waals surface area (Å²) in [4.78, 5) is 29.9. The Morgan fingerprint density at radius 3 is 2.50 bits per heavy atom. The van der Waals surface area contributed by atoms with Crippen LogP contribution in [0, 0.1) is 17.8 Å². The highest BCUT2D eigenvalue weighted by Gasteiger charge is 2.34. The second-order valence-electron chi connectivity index (χ2n) is 10.6. The van der Waals surface area contributed by atoms with Crippen molar-refractivity contribution in [2.24, 2.45) is 5.92 Å². The third kappa shape index (κ3) is 5.23. The van der Waals surface area contributed by atoms with E-state index < -0.39 is 0 Å². The molecule has 202 valence electrons. The van der Waals surface area contributed by atoms with E-state index in [0.29, 0.717) is 17.3 Å². The fourth-order valence-corrected chi connectivity index (χ4v) is 5.97. The van der Waals surface area contributed by atoms with Crippen LogP contribution in [0.25, 0.3) is 22.0 Å². The maximum atomic E-state index is 13.5. The first-order valence-corrected chi connectivity index (χ1v) is 14.0. The van der Waals surface area contributed by atoms with Gasteiger partial charge in [0.2, 0.25) is 5.91 Å². The van der Waals surface area contributed by atoms with Gasteiger partial charge in [0.15, 0.2) is 0 Å². The van der Waals surface area contributed by atoms with Gasteiger partial charge in [0.05, 0.1) is 5.52 Å². The molecule has 2 amide bonds. The molecule has 0 unspecified atom stereocenters. The van der Waals surface area contributed by atoms with Crippen molar-refractivity contribution >= 4 is 22.7 Å². The van der Waals surface area contributed by atoms with Crippen molar-refractivity contribution in [3.8, 4) is 23.0 Å². The number of nitrogens with one attached hydrogen (secondary N) is 2. The monoisotopic (exact) mass is 531 g/mol. The Labute approximate surface area is 234 Å². The van der Waals surface area contributed by atoms with Crippen molar-refractivity contribution in [1.82, 2.24) is 25.3 Å². The molecule has 0 saturated carbocycles. The molecule has 0 bridgehead atoms. The molecule has 4 aromatic rings. The maximum Gasteiger partial charge on any atom is 0.253 e. The van der Waals surface area contributed by atoms with E-state index in [9.17, 15) is 9.59 Å². The van der Waals surface area contributed by atoms with Gasteiger partial charge in [0, 0.05) is 48.6 Å². The van der Waals surface area contributed by atoms with Gasteiger partial charge >= 0.3 is 0 Å². The Balaban J connectivity index is 1.17. The van der Waals surface area contributed by atoms with Crippen LogP contribution in [-0.2, 0) is 4.79 Å². The molecule has 2 saturated heterocycles. The number of aromatic nitrogens is 2. The molecule has 2 aliphatic heterocycles. The van der Waals surface area contributed by atoms with Crippen molar-refractivity contribution in [3.05, 3.63) is 89.6 Å². The number of nitrogens with zero attached hydrogens (tertiary/aromatic N) is 3. The highest BCUT2D eigenvalue weighted by molar-refractivity contribution is 5.99. The number of carbonyl (C=O) groups is 2. The summed E-state index contributed by atoms with van der Waals surface area (Å²) in [6.45, 7) is 3.27. The predicted molar refractivity (Wildman–Crippen MR) is 157 cm³/mol. The maximum absolute atomic E-state index is 13.5. The second kappa shape index (κ2) is 11.4. The molecule has 1 aromatic heterocycles. The van der Waals surface area contributed by atoms with Gasteiger partial charge in [-0.2, -0.15) is 5.10 Å². The lowest BCUT2D eigenvalue weighted by Gasteiger charge is -2.35. The second-order valence-corrected chi connectivity index (χ2v) is 10.6. The van der Waals surface area contributed by atoms with Crippen LogP contribution in [0.4, 0.5) is 0 Å². The first-order chi connectivity index (χ1) is 19.6. The first kappa shape index (κ1) is 25.8. The summed E-state index contributed by atoms with van der Waals surface area (Å²) in [5.41, 5.74) is 5.26. The molecular formula is C33H33N5O2. The van der Waals surface area contributed by atoms with Gasteiger partial charge in [0.25, 0.3) is 5.91 Å². The van der Waals surface area contributed by atoms with Crippen molar-refractivity contribution in [3.63, 3.8) is 0 Å². The van der Waals surface area contributed by atoms with E-state index in [-0.39, 0.29) is 17.7 Å². The van der Waals surface area contributed by atoms with Crippen LogP contribution < -0.4 is 5.32 Å². The molecule has 1 atom stereocenters. The van der Waals surface area contributed by atoms with Crippen LogP contribution in [0.1, 0.15) is 40.9 Å². The minimum Gasteiger partial charge on any atom is -0.359 e. The Kier molecular flexibility index (Phi) is 7.35. The van der Waals surface area contributed by atoms with Crippen molar-refractivity contribution in [2.75, 3.05) is 33.2 Å². The van der Waals surface area contributed by atoms with E-state index in [4.69, 9.17) is 0 Å². The molecule has 7 heteroatoms. The number of carbonyl (C=O) groups excluding carboxylic acids is 2. The Morgan fingerprint density at radius 1 is 0.925 bits per heavy atom. The van der Waals surface area contributed by atoms with Gasteiger partial charge < -0.3 is 10.2 Å². The number of amides is 2. The van der Waals surface area contributed by atoms with E-state index in [2.05, 4.69) is 50.5 Å². The van der Waals surface area contributed by atoms with E-state index in [0.717, 1.165) is 73.0 Å². The number of rotatable bonds is 4. The first-order valence-electron chi connectivity index (χ1n) is 14.0. The van der Waals surface area contributed by atoms with E-state index in [1.165, 1.54) is 0 Å². The van der Waals surface area contributed by atoms with Gasteiger partial charge in [0.1, 0.15) is 5.69 Å². The van der Waals surface area contributed by atoms with Crippen LogP contribution in [0.15, 0.2) is 72.8 Å². The summed E-state index contributed by atoms with van der Waals surface area (Å²) in [6.07, 6.45) is 2.71. The normalized spacial score (nSPS) is 17.9. The standard InChI is InChI=1S/C33H33N5O2/c1-34-32(39)25-15-18-37(19-16-25)27-17-20-38(22-27)33(40)26-12-14-31-29(21-26)30(35-36-31)13-11-24-9-5-6-10-28(24)23-7-3-2-4-8-23/h2-10,12,14,21,25,27H,15-20,22H2,1H3,(H,34,39)(H,35,36)/t27-/m1/s1. The lowest BCUT2D eigenvalue weighted by molar-refractivity contribution is -0.126. The third-order valence-corrected chi connectivity index (χ3v) is 8.25. The molecule has 40 heavy (non-hydrogen) atoms. The van der Waals surface area contributed by atoms with Crippen molar-refractivity contribution in [1.29, 1.82) is 0 Å². The lowest BCUT2D eigenvalue weighted by Crippen LogP contribution is -2.45. The average molecular weight is 532 g/mol. The summed E-state index contributed by atoms with van der Waals surface area (Å²) in [5.74, 6) is 6.84. The van der Waals surface area contributed by atoms with Crippen LogP contribution in [-0.4, -0.2) is 71.1 Å². The molecule has 0 radical (unpaired) electrons. The minimum absolute atomic E-state index is 0.0409. The van der Waals surface area contributed by atoms with E-state index >= 15 is 0 Å². The van der Waals surface area contributed by atoms with Crippen molar-refractivity contribution < 1.29 is 9.59 Å². The molecule has 2 fully saturated rings. The Morgan fingerprint density at radius 2 is 1.70 bits per heavy atom. The number of aromatic amines is 1. The number of likely N-dealkylation sites (tertiary alicyclic amines) is 2. The highest BCUT2D eigenvalue weighted by atomic mass is 16.2. The predicted octanol–water partition coefficient (Wildman–Crippen LogP) is 4.30. The fourth-order valence-electron chi connectivity index (χ4n) is 5.97. The smallest absolute Gasteiger partial charge is 0.253 e. The number of hydrogen-bond donors (Lipinski definition) is 2. The zero-order valence-corrected chi connectivity index (χ0v) is 22.7. The number of benzene rings is 3. The summed E-state index contributed by atoms with van der Waals surface area (Å²) < 4.78 is 0. The largest absolute Gasteiger partial charge is 0.359 e. The van der Waals surface area contributed by atoms with Gasteiger partial charge in [-0.25, -0.2) is 0 Å². The molecule has 3 aromatic carbocycles. The van der Waals surface area contributed by atoms with E-state index in [1.807, 2.05) is 59.5 Å². The Bertz CT molecular complexity index is 1590. The molecule has 3 heterocycles. The summed E-state index contributed by atoms with van der Waals surface area (Å²) in [6, 6.07) is 24.4. The third-order valence-electron chi connectivity index (χ3n) is 8.25. The average Bonchev–Trinajstić information content (AvgIpc) is 3.67. The number of fused-ring (bicyclic) bond motifs is 1. The number of hydrogen-bond acceptors (Lipinski definition) is 4. The molecule has 2 N–H and O–H groups in total. The molecular weight excluding hydrogens is 498 g/mol.